The van der Waals surface area contributed by atoms with Crippen molar-refractivity contribution in [2.24, 2.45) is 0 Å². The minimum absolute atomic E-state index is 0.434. The molecule has 1 aromatic rings. The molecular formula is C12H20N2O. The lowest BCUT2D eigenvalue weighted by Crippen LogP contribution is -2.16. The molecule has 84 valence electrons. The SMILES string of the molecule is CCCC(C)Nc1ncccc1OCC. The Labute approximate surface area is 91.9 Å². The fraction of sp³-hybridized carbons (Fsp3) is 0.583. The van der Waals surface area contributed by atoms with Crippen LogP contribution in [0.25, 0.3) is 0 Å². The van der Waals surface area contributed by atoms with E-state index in [2.05, 4.69) is 24.1 Å². The van der Waals surface area contributed by atoms with Crippen LogP contribution >= 0.6 is 0 Å². The summed E-state index contributed by atoms with van der Waals surface area (Å²) in [7, 11) is 0. The molecule has 3 nitrogen and oxygen atoms in total. The van der Waals surface area contributed by atoms with Gasteiger partial charge in [0.05, 0.1) is 6.61 Å². The Kier molecular flexibility index (Phi) is 4.95. The maximum atomic E-state index is 5.49. The van der Waals surface area contributed by atoms with E-state index in [1.54, 1.807) is 6.20 Å². The fourth-order valence-corrected chi connectivity index (χ4v) is 1.51. The van der Waals surface area contributed by atoms with Crippen molar-refractivity contribution in [1.82, 2.24) is 4.98 Å². The van der Waals surface area contributed by atoms with E-state index in [-0.39, 0.29) is 0 Å². The van der Waals surface area contributed by atoms with Crippen LogP contribution in [0.1, 0.15) is 33.6 Å². The van der Waals surface area contributed by atoms with Crippen molar-refractivity contribution in [1.29, 1.82) is 0 Å². The van der Waals surface area contributed by atoms with Gasteiger partial charge in [0.25, 0.3) is 0 Å². The highest BCUT2D eigenvalue weighted by atomic mass is 16.5. The molecule has 0 saturated carbocycles. The molecule has 0 bridgehead atoms. The van der Waals surface area contributed by atoms with Gasteiger partial charge >= 0.3 is 0 Å². The second kappa shape index (κ2) is 6.27. The third-order valence-electron chi connectivity index (χ3n) is 2.18. The highest BCUT2D eigenvalue weighted by molar-refractivity contribution is 5.49. The first-order chi connectivity index (χ1) is 7.27. The quantitative estimate of drug-likeness (QED) is 0.780. The van der Waals surface area contributed by atoms with Gasteiger partial charge < -0.3 is 10.1 Å². The Morgan fingerprint density at radius 1 is 1.47 bits per heavy atom. The Morgan fingerprint density at radius 3 is 2.93 bits per heavy atom. The lowest BCUT2D eigenvalue weighted by Gasteiger charge is -2.16. The molecule has 0 fully saturated rings. The monoisotopic (exact) mass is 208 g/mol. The summed E-state index contributed by atoms with van der Waals surface area (Å²) in [5.41, 5.74) is 0. The second-order valence-electron chi connectivity index (χ2n) is 3.62. The molecule has 15 heavy (non-hydrogen) atoms. The molecule has 1 unspecified atom stereocenters. The molecule has 1 atom stereocenters. The Hall–Kier alpha value is -1.25. The first kappa shape index (κ1) is 11.8. The number of rotatable bonds is 6. The molecule has 1 aromatic heterocycles. The van der Waals surface area contributed by atoms with Crippen molar-refractivity contribution < 1.29 is 4.74 Å². The van der Waals surface area contributed by atoms with Gasteiger partial charge in [-0.2, -0.15) is 0 Å². The highest BCUT2D eigenvalue weighted by Crippen LogP contribution is 2.21. The number of nitrogens with one attached hydrogen (secondary N) is 1. The number of anilines is 1. The first-order valence-corrected chi connectivity index (χ1v) is 5.62. The number of nitrogens with zero attached hydrogens (tertiary/aromatic N) is 1. The fourth-order valence-electron chi connectivity index (χ4n) is 1.51. The molecule has 0 saturated heterocycles. The van der Waals surface area contributed by atoms with Crippen molar-refractivity contribution in [2.75, 3.05) is 11.9 Å². The zero-order valence-corrected chi connectivity index (χ0v) is 9.79. The summed E-state index contributed by atoms with van der Waals surface area (Å²) >= 11 is 0. The molecule has 1 N–H and O–H groups in total. The van der Waals surface area contributed by atoms with Gasteiger partial charge in [0.15, 0.2) is 11.6 Å². The van der Waals surface area contributed by atoms with Gasteiger partial charge in [-0.25, -0.2) is 4.98 Å². The lowest BCUT2D eigenvalue weighted by atomic mass is 10.2. The van der Waals surface area contributed by atoms with Gasteiger partial charge in [-0.15, -0.1) is 0 Å². The Bertz CT molecular complexity index is 289. The van der Waals surface area contributed by atoms with Crippen molar-refractivity contribution >= 4 is 5.82 Å². The third-order valence-corrected chi connectivity index (χ3v) is 2.18. The van der Waals surface area contributed by atoms with E-state index in [9.17, 15) is 0 Å². The van der Waals surface area contributed by atoms with Gasteiger partial charge in [0.2, 0.25) is 0 Å². The van der Waals surface area contributed by atoms with Crippen molar-refractivity contribution in [3.05, 3.63) is 18.3 Å². The maximum Gasteiger partial charge on any atom is 0.168 e. The lowest BCUT2D eigenvalue weighted by molar-refractivity contribution is 0.340. The zero-order valence-electron chi connectivity index (χ0n) is 9.79. The number of ether oxygens (including phenoxy) is 1. The van der Waals surface area contributed by atoms with Crippen LogP contribution in [0.3, 0.4) is 0 Å². The topological polar surface area (TPSA) is 34.2 Å². The first-order valence-electron chi connectivity index (χ1n) is 5.62. The largest absolute Gasteiger partial charge is 0.490 e. The summed E-state index contributed by atoms with van der Waals surface area (Å²) in [6, 6.07) is 4.27. The molecule has 0 aliphatic heterocycles. The van der Waals surface area contributed by atoms with E-state index >= 15 is 0 Å². The van der Waals surface area contributed by atoms with Crippen LogP contribution in [-0.2, 0) is 0 Å². The summed E-state index contributed by atoms with van der Waals surface area (Å²) < 4.78 is 5.49. The van der Waals surface area contributed by atoms with E-state index in [4.69, 9.17) is 4.74 Å². The van der Waals surface area contributed by atoms with Crippen LogP contribution in [0.2, 0.25) is 0 Å². The maximum absolute atomic E-state index is 5.49. The van der Waals surface area contributed by atoms with E-state index < -0.39 is 0 Å². The van der Waals surface area contributed by atoms with Crippen LogP contribution in [0.15, 0.2) is 18.3 Å². The zero-order chi connectivity index (χ0) is 11.1. The minimum Gasteiger partial charge on any atom is -0.490 e. The molecule has 1 rings (SSSR count). The summed E-state index contributed by atoms with van der Waals surface area (Å²) in [5.74, 6) is 1.68. The average molecular weight is 208 g/mol. The van der Waals surface area contributed by atoms with Crippen molar-refractivity contribution in [3.63, 3.8) is 0 Å². The van der Waals surface area contributed by atoms with E-state index in [1.807, 2.05) is 19.1 Å². The molecule has 0 amide bonds. The normalized spacial score (nSPS) is 12.2. The second-order valence-corrected chi connectivity index (χ2v) is 3.62. The highest BCUT2D eigenvalue weighted by Gasteiger charge is 2.06. The summed E-state index contributed by atoms with van der Waals surface area (Å²) in [4.78, 5) is 4.28. The molecular weight excluding hydrogens is 188 g/mol. The molecule has 0 spiro atoms. The molecule has 0 aliphatic carbocycles. The van der Waals surface area contributed by atoms with Crippen LogP contribution in [0.5, 0.6) is 5.75 Å². The molecule has 0 aliphatic rings. The van der Waals surface area contributed by atoms with E-state index in [0.717, 1.165) is 18.0 Å². The predicted octanol–water partition coefficient (Wildman–Crippen LogP) is 3.08. The van der Waals surface area contributed by atoms with Crippen LogP contribution < -0.4 is 10.1 Å². The summed E-state index contributed by atoms with van der Waals surface area (Å²) in [6.07, 6.45) is 4.09. The predicted molar refractivity (Wildman–Crippen MR) is 63.4 cm³/mol. The van der Waals surface area contributed by atoms with Crippen LogP contribution in [0, 0.1) is 0 Å². The van der Waals surface area contributed by atoms with Crippen molar-refractivity contribution in [2.45, 2.75) is 39.7 Å². The standard InChI is InChI=1S/C12H20N2O/c1-4-7-10(3)14-12-11(15-5-2)8-6-9-13-12/h6,8-10H,4-5,7H2,1-3H3,(H,13,14). The smallest absolute Gasteiger partial charge is 0.168 e. The minimum atomic E-state index is 0.434. The van der Waals surface area contributed by atoms with E-state index in [0.29, 0.717) is 12.6 Å². The molecule has 3 heteroatoms. The third kappa shape index (κ3) is 3.78. The molecule has 0 radical (unpaired) electrons. The molecule has 0 aromatic carbocycles. The summed E-state index contributed by atoms with van der Waals surface area (Å²) in [5, 5.41) is 3.36. The number of hydrogen-bond acceptors (Lipinski definition) is 3. The van der Waals surface area contributed by atoms with Crippen LogP contribution in [-0.4, -0.2) is 17.6 Å². The average Bonchev–Trinajstić information content (AvgIpc) is 2.21. The van der Waals surface area contributed by atoms with Gasteiger partial charge in [-0.1, -0.05) is 13.3 Å². The number of hydrogen-bond donors (Lipinski definition) is 1. The number of pyridine rings is 1. The van der Waals surface area contributed by atoms with Gasteiger partial charge in [0, 0.05) is 12.2 Å². The van der Waals surface area contributed by atoms with Crippen LogP contribution in [0.4, 0.5) is 5.82 Å². The van der Waals surface area contributed by atoms with Gasteiger partial charge in [-0.3, -0.25) is 0 Å². The van der Waals surface area contributed by atoms with E-state index in [1.165, 1.54) is 6.42 Å². The number of aromatic nitrogens is 1. The van der Waals surface area contributed by atoms with Gasteiger partial charge in [-0.05, 0) is 32.4 Å². The summed E-state index contributed by atoms with van der Waals surface area (Å²) in [6.45, 7) is 6.99. The Morgan fingerprint density at radius 2 is 2.27 bits per heavy atom. The van der Waals surface area contributed by atoms with Crippen molar-refractivity contribution in [3.8, 4) is 5.75 Å². The molecule has 1 heterocycles. The van der Waals surface area contributed by atoms with Gasteiger partial charge in [0.1, 0.15) is 0 Å². The Balaban J connectivity index is 2.66.